The van der Waals surface area contributed by atoms with Crippen molar-refractivity contribution in [3.05, 3.63) is 53.0 Å². The molecule has 0 saturated heterocycles. The molecule has 0 bridgehead atoms. The summed E-state index contributed by atoms with van der Waals surface area (Å²) in [5.41, 5.74) is 0.332. The van der Waals surface area contributed by atoms with E-state index in [4.69, 9.17) is 4.74 Å². The van der Waals surface area contributed by atoms with Crippen LogP contribution in [0.4, 0.5) is 18.9 Å². The van der Waals surface area contributed by atoms with Crippen LogP contribution in [0.2, 0.25) is 0 Å². The molecule has 0 aliphatic carbocycles. The highest BCUT2D eigenvalue weighted by Gasteiger charge is 2.30. The summed E-state index contributed by atoms with van der Waals surface area (Å²) in [6.07, 6.45) is -4.00. The maximum Gasteiger partial charge on any atom is 0.402 e. The molecule has 0 aromatic heterocycles. The van der Waals surface area contributed by atoms with Crippen LogP contribution in [-0.2, 0) is 14.8 Å². The Bertz CT molecular complexity index is 918. The zero-order chi connectivity index (χ0) is 21.5. The number of sulfonamides is 1. The Morgan fingerprint density at radius 2 is 1.66 bits per heavy atom. The van der Waals surface area contributed by atoms with Crippen molar-refractivity contribution in [3.8, 4) is 5.75 Å². The van der Waals surface area contributed by atoms with Gasteiger partial charge in [-0.05, 0) is 55.0 Å². The number of hydrogen-bond donors (Lipinski definition) is 2. The highest BCUT2D eigenvalue weighted by atomic mass is 79.9. The topological polar surface area (TPSA) is 84.5 Å². The Morgan fingerprint density at radius 1 is 1.03 bits per heavy atom. The van der Waals surface area contributed by atoms with Crippen molar-refractivity contribution in [2.45, 2.75) is 23.9 Å². The lowest BCUT2D eigenvalue weighted by Gasteiger charge is -2.10. The van der Waals surface area contributed by atoms with Crippen LogP contribution in [0.25, 0.3) is 0 Å². The summed E-state index contributed by atoms with van der Waals surface area (Å²) in [7, 11) is -4.29. The molecular weight excluding hydrogens is 477 g/mol. The largest absolute Gasteiger partial charge is 0.494 e. The summed E-state index contributed by atoms with van der Waals surface area (Å²) >= 11 is 3.32. The summed E-state index contributed by atoms with van der Waals surface area (Å²) in [4.78, 5) is 11.6. The zero-order valence-corrected chi connectivity index (χ0v) is 17.4. The molecule has 0 aliphatic heterocycles. The highest BCUT2D eigenvalue weighted by Crippen LogP contribution is 2.18. The fourth-order valence-electron chi connectivity index (χ4n) is 2.15. The van der Waals surface area contributed by atoms with Crippen LogP contribution in [-0.4, -0.2) is 33.7 Å². The molecule has 0 radical (unpaired) electrons. The third-order valence-corrected chi connectivity index (χ3v) is 5.49. The minimum absolute atomic E-state index is 0.184. The molecule has 0 aliphatic rings. The van der Waals surface area contributed by atoms with Crippen LogP contribution in [0.3, 0.4) is 0 Å². The molecule has 0 fully saturated rings. The van der Waals surface area contributed by atoms with E-state index in [1.165, 1.54) is 16.9 Å². The number of nitrogens with one attached hydrogen (secondary N) is 2. The predicted molar refractivity (Wildman–Crippen MR) is 105 cm³/mol. The minimum Gasteiger partial charge on any atom is -0.494 e. The Balaban J connectivity index is 1.78. The average molecular weight is 495 g/mol. The predicted octanol–water partition coefficient (Wildman–Crippen LogP) is 4.09. The first-order valence-electron chi connectivity index (χ1n) is 8.40. The molecule has 158 valence electrons. The SMILES string of the molecule is O=C(CCCOc1ccc(Br)cc1)Nc1ccc(S(=O)(=O)NCC(F)(F)F)cc1. The van der Waals surface area contributed by atoms with E-state index in [-0.39, 0.29) is 17.2 Å². The van der Waals surface area contributed by atoms with E-state index < -0.39 is 22.7 Å². The van der Waals surface area contributed by atoms with Gasteiger partial charge in [0.2, 0.25) is 15.9 Å². The average Bonchev–Trinajstić information content (AvgIpc) is 2.65. The van der Waals surface area contributed by atoms with Gasteiger partial charge in [0.05, 0.1) is 11.5 Å². The quantitative estimate of drug-likeness (QED) is 0.514. The van der Waals surface area contributed by atoms with E-state index in [1.807, 2.05) is 12.1 Å². The molecule has 6 nitrogen and oxygen atoms in total. The smallest absolute Gasteiger partial charge is 0.402 e. The summed E-state index contributed by atoms with van der Waals surface area (Å²) in [6, 6.07) is 12.1. The second-order valence-electron chi connectivity index (χ2n) is 5.92. The molecule has 2 N–H and O–H groups in total. The summed E-state index contributed by atoms with van der Waals surface area (Å²) in [5.74, 6) is 0.389. The van der Waals surface area contributed by atoms with E-state index in [2.05, 4.69) is 21.2 Å². The molecule has 11 heteroatoms. The molecule has 2 aromatic rings. The fourth-order valence-corrected chi connectivity index (χ4v) is 3.43. The standard InChI is InChI=1S/C18H18BrF3N2O4S/c19-13-3-7-15(8-4-13)28-11-1-2-17(25)24-14-5-9-16(10-6-14)29(26,27)23-12-18(20,21)22/h3-10,23H,1-2,11-12H2,(H,24,25). The van der Waals surface area contributed by atoms with Crippen molar-refractivity contribution < 1.29 is 31.1 Å². The molecule has 2 aromatic carbocycles. The van der Waals surface area contributed by atoms with Gasteiger partial charge in [-0.1, -0.05) is 15.9 Å². The number of anilines is 1. The number of carbonyl (C=O) groups is 1. The van der Waals surface area contributed by atoms with Gasteiger partial charge in [0.15, 0.2) is 0 Å². The summed E-state index contributed by atoms with van der Waals surface area (Å²) in [5, 5.41) is 2.59. The van der Waals surface area contributed by atoms with Crippen LogP contribution in [0, 0.1) is 0 Å². The number of hydrogen-bond acceptors (Lipinski definition) is 4. The fraction of sp³-hybridized carbons (Fsp3) is 0.278. The number of ether oxygens (including phenoxy) is 1. The van der Waals surface area contributed by atoms with Gasteiger partial charge < -0.3 is 10.1 Å². The lowest BCUT2D eigenvalue weighted by molar-refractivity contribution is -0.121. The van der Waals surface area contributed by atoms with Crippen LogP contribution >= 0.6 is 15.9 Å². The first kappa shape index (κ1) is 23.2. The van der Waals surface area contributed by atoms with Gasteiger partial charge in [-0.2, -0.15) is 13.2 Å². The number of amides is 1. The first-order valence-corrected chi connectivity index (χ1v) is 10.7. The van der Waals surface area contributed by atoms with Gasteiger partial charge >= 0.3 is 6.18 Å². The van der Waals surface area contributed by atoms with E-state index >= 15 is 0 Å². The third-order valence-electron chi connectivity index (χ3n) is 3.54. The summed E-state index contributed by atoms with van der Waals surface area (Å²) < 4.78 is 68.0. The van der Waals surface area contributed by atoms with Gasteiger partial charge in [0.1, 0.15) is 12.3 Å². The lowest BCUT2D eigenvalue weighted by Crippen LogP contribution is -2.33. The molecule has 29 heavy (non-hydrogen) atoms. The zero-order valence-electron chi connectivity index (χ0n) is 15.0. The molecule has 0 unspecified atom stereocenters. The lowest BCUT2D eigenvalue weighted by atomic mass is 10.2. The van der Waals surface area contributed by atoms with E-state index in [0.717, 1.165) is 16.6 Å². The molecule has 0 heterocycles. The molecular formula is C18H18BrF3N2O4S. The third kappa shape index (κ3) is 8.42. The maximum atomic E-state index is 12.2. The Kier molecular flexibility index (Phi) is 8.05. The Hall–Kier alpha value is -2.11. The first-order chi connectivity index (χ1) is 13.5. The maximum absolute atomic E-state index is 12.2. The Labute approximate surface area is 174 Å². The van der Waals surface area contributed by atoms with Crippen molar-refractivity contribution >= 4 is 37.5 Å². The van der Waals surface area contributed by atoms with Crippen LogP contribution in [0.5, 0.6) is 5.75 Å². The number of alkyl halides is 3. The van der Waals surface area contributed by atoms with Gasteiger partial charge in [-0.15, -0.1) is 0 Å². The number of benzene rings is 2. The van der Waals surface area contributed by atoms with Crippen molar-refractivity contribution in [1.82, 2.24) is 4.72 Å². The molecule has 0 saturated carbocycles. The van der Waals surface area contributed by atoms with E-state index in [1.54, 1.807) is 12.1 Å². The van der Waals surface area contributed by atoms with Crippen LogP contribution in [0.1, 0.15) is 12.8 Å². The van der Waals surface area contributed by atoms with Crippen LogP contribution in [0.15, 0.2) is 57.9 Å². The molecule has 0 atom stereocenters. The van der Waals surface area contributed by atoms with Gasteiger partial charge in [-0.3, -0.25) is 4.79 Å². The number of halogens is 4. The van der Waals surface area contributed by atoms with Crippen molar-refractivity contribution in [2.75, 3.05) is 18.5 Å². The second kappa shape index (κ2) is 10.1. The molecule has 0 spiro atoms. The Morgan fingerprint density at radius 3 is 2.24 bits per heavy atom. The second-order valence-corrected chi connectivity index (χ2v) is 8.60. The monoisotopic (exact) mass is 494 g/mol. The number of carbonyl (C=O) groups excluding carboxylic acids is 1. The van der Waals surface area contributed by atoms with E-state index in [9.17, 15) is 26.4 Å². The van der Waals surface area contributed by atoms with Gasteiger partial charge in [0, 0.05) is 16.6 Å². The summed E-state index contributed by atoms with van der Waals surface area (Å²) in [6.45, 7) is -1.31. The molecule has 1 amide bonds. The number of rotatable bonds is 9. The van der Waals surface area contributed by atoms with Gasteiger partial charge in [-0.25, -0.2) is 13.1 Å². The minimum atomic E-state index is -4.65. The van der Waals surface area contributed by atoms with Crippen LogP contribution < -0.4 is 14.8 Å². The highest BCUT2D eigenvalue weighted by molar-refractivity contribution is 9.10. The molecule has 2 rings (SSSR count). The van der Waals surface area contributed by atoms with E-state index in [0.29, 0.717) is 24.5 Å². The normalized spacial score (nSPS) is 11.9. The van der Waals surface area contributed by atoms with Crippen molar-refractivity contribution in [3.63, 3.8) is 0 Å². The van der Waals surface area contributed by atoms with Crippen molar-refractivity contribution in [2.24, 2.45) is 0 Å². The van der Waals surface area contributed by atoms with Gasteiger partial charge in [0.25, 0.3) is 0 Å². The van der Waals surface area contributed by atoms with Crippen molar-refractivity contribution in [1.29, 1.82) is 0 Å².